The molecule has 0 aromatic rings. The van der Waals surface area contributed by atoms with Gasteiger partial charge >= 0.3 is 17.9 Å². The third-order valence-corrected chi connectivity index (χ3v) is 16.8. The second-order valence-corrected chi connectivity index (χ2v) is 24.9. The fraction of sp³-hybridized carbons (Fsp3) is 0.932. The lowest BCUT2D eigenvalue weighted by atomic mass is 10.0. The molecule has 468 valence electrons. The minimum absolute atomic E-state index is 0.0656. The molecular formula is C73H140O6. The van der Waals surface area contributed by atoms with Gasteiger partial charge in [0, 0.05) is 19.3 Å². The molecule has 6 nitrogen and oxygen atoms in total. The number of hydrogen-bond acceptors (Lipinski definition) is 6. The van der Waals surface area contributed by atoms with Crippen molar-refractivity contribution in [2.75, 3.05) is 13.2 Å². The Kier molecular flexibility index (Phi) is 67.0. The molecule has 0 saturated carbocycles. The monoisotopic (exact) mass is 1110 g/mol. The Hall–Kier alpha value is -1.85. The summed E-state index contributed by atoms with van der Waals surface area (Å²) in [6, 6.07) is 0. The predicted octanol–water partition coefficient (Wildman–Crippen LogP) is 24.8. The van der Waals surface area contributed by atoms with Gasteiger partial charge in [-0.15, -0.1) is 0 Å². The van der Waals surface area contributed by atoms with E-state index in [1.54, 1.807) is 0 Å². The van der Waals surface area contributed by atoms with Gasteiger partial charge in [0.05, 0.1) is 0 Å². The molecule has 0 aliphatic rings. The van der Waals surface area contributed by atoms with Gasteiger partial charge in [0.1, 0.15) is 13.2 Å². The summed E-state index contributed by atoms with van der Waals surface area (Å²) in [6.45, 7) is 6.72. The maximum Gasteiger partial charge on any atom is 0.306 e. The lowest BCUT2D eigenvalue weighted by Gasteiger charge is -2.18. The molecule has 0 saturated heterocycles. The van der Waals surface area contributed by atoms with E-state index >= 15 is 0 Å². The van der Waals surface area contributed by atoms with Crippen LogP contribution in [0.25, 0.3) is 0 Å². The van der Waals surface area contributed by atoms with Gasteiger partial charge in [-0.25, -0.2) is 0 Å². The highest BCUT2D eigenvalue weighted by Gasteiger charge is 2.19. The third kappa shape index (κ3) is 66.8. The molecule has 0 radical (unpaired) electrons. The van der Waals surface area contributed by atoms with Crippen molar-refractivity contribution in [2.45, 2.75) is 425 Å². The molecule has 0 rings (SSSR count). The molecule has 79 heavy (non-hydrogen) atoms. The number of carbonyl (C=O) groups excluding carboxylic acids is 3. The summed E-state index contributed by atoms with van der Waals surface area (Å²) in [5, 5.41) is 0. The van der Waals surface area contributed by atoms with E-state index in [1.165, 1.54) is 315 Å². The highest BCUT2D eigenvalue weighted by molar-refractivity contribution is 5.71. The Morgan fingerprint density at radius 2 is 0.418 bits per heavy atom. The van der Waals surface area contributed by atoms with Crippen LogP contribution in [-0.2, 0) is 28.6 Å². The zero-order valence-corrected chi connectivity index (χ0v) is 53.9. The number of esters is 3. The Morgan fingerprint density at radius 1 is 0.241 bits per heavy atom. The van der Waals surface area contributed by atoms with Crippen LogP contribution < -0.4 is 0 Å². The fourth-order valence-electron chi connectivity index (χ4n) is 11.3. The molecule has 1 unspecified atom stereocenters. The van der Waals surface area contributed by atoms with Gasteiger partial charge in [0.15, 0.2) is 6.10 Å². The van der Waals surface area contributed by atoms with Crippen molar-refractivity contribution in [3.63, 3.8) is 0 Å². The maximum absolute atomic E-state index is 12.9. The van der Waals surface area contributed by atoms with Gasteiger partial charge in [-0.3, -0.25) is 14.4 Å². The van der Waals surface area contributed by atoms with Crippen molar-refractivity contribution >= 4 is 17.9 Å². The quantitative estimate of drug-likeness (QED) is 0.0261. The second kappa shape index (κ2) is 68.6. The second-order valence-electron chi connectivity index (χ2n) is 24.9. The number of carbonyl (C=O) groups is 3. The molecule has 0 heterocycles. The number of rotatable bonds is 68. The smallest absolute Gasteiger partial charge is 0.306 e. The van der Waals surface area contributed by atoms with Crippen LogP contribution in [0.15, 0.2) is 12.2 Å². The Bertz CT molecular complexity index is 1230. The average molecular weight is 1110 g/mol. The molecule has 0 aromatic heterocycles. The van der Waals surface area contributed by atoms with Gasteiger partial charge in [0.25, 0.3) is 0 Å². The summed E-state index contributed by atoms with van der Waals surface area (Å²) in [7, 11) is 0. The van der Waals surface area contributed by atoms with E-state index in [2.05, 4.69) is 32.9 Å². The van der Waals surface area contributed by atoms with Crippen molar-refractivity contribution < 1.29 is 28.6 Å². The van der Waals surface area contributed by atoms with Crippen molar-refractivity contribution in [1.82, 2.24) is 0 Å². The zero-order valence-electron chi connectivity index (χ0n) is 53.9. The first-order valence-corrected chi connectivity index (χ1v) is 36.2. The van der Waals surface area contributed by atoms with E-state index in [1.807, 2.05) is 0 Å². The van der Waals surface area contributed by atoms with Crippen molar-refractivity contribution in [3.05, 3.63) is 12.2 Å². The van der Waals surface area contributed by atoms with Gasteiger partial charge in [-0.1, -0.05) is 367 Å². The first-order valence-electron chi connectivity index (χ1n) is 36.2. The summed E-state index contributed by atoms with van der Waals surface area (Å²) < 4.78 is 17.0. The minimum Gasteiger partial charge on any atom is -0.462 e. The van der Waals surface area contributed by atoms with E-state index in [9.17, 15) is 14.4 Å². The highest BCUT2D eigenvalue weighted by atomic mass is 16.6. The molecule has 0 bridgehead atoms. The van der Waals surface area contributed by atoms with Gasteiger partial charge in [-0.2, -0.15) is 0 Å². The SMILES string of the molecule is CCCCCCC/C=C\CCCCCCCC(=O)OCC(COC(=O)CCCCCCCCCCCCCCCCCCCCCCCCCCCCC)OC(=O)CCCCCCCCCCCCCCCCCCCCCC. The molecule has 0 fully saturated rings. The maximum atomic E-state index is 12.9. The zero-order chi connectivity index (χ0) is 57.1. The van der Waals surface area contributed by atoms with Crippen molar-refractivity contribution in [2.24, 2.45) is 0 Å². The Balaban J connectivity index is 4.19. The lowest BCUT2D eigenvalue weighted by Crippen LogP contribution is -2.30. The van der Waals surface area contributed by atoms with Crippen LogP contribution in [0.4, 0.5) is 0 Å². The average Bonchev–Trinajstić information content (AvgIpc) is 3.45. The number of unbranched alkanes of at least 4 members (excludes halogenated alkanes) is 55. The molecule has 0 aliphatic carbocycles. The van der Waals surface area contributed by atoms with E-state index in [-0.39, 0.29) is 31.1 Å². The molecule has 0 N–H and O–H groups in total. The first-order chi connectivity index (χ1) is 39.0. The number of allylic oxidation sites excluding steroid dienone is 2. The highest BCUT2D eigenvalue weighted by Crippen LogP contribution is 2.19. The van der Waals surface area contributed by atoms with E-state index in [0.717, 1.165) is 64.2 Å². The van der Waals surface area contributed by atoms with Crippen LogP contribution in [0.1, 0.15) is 419 Å². The molecular weight excluding hydrogens is 973 g/mol. The Labute approximate surface area is 494 Å². The standard InChI is InChI=1S/C73H140O6/c1-4-7-10-13-16-19-22-25-28-30-32-34-35-36-37-38-39-40-42-43-45-48-51-54-57-60-63-66-72(75)78-69-70(68-77-71(74)65-62-59-56-53-50-47-27-24-21-18-15-12-9-6-3)79-73(76)67-64-61-58-55-52-49-46-44-41-33-31-29-26-23-20-17-14-11-8-5-2/h24,27,70H,4-23,25-26,28-69H2,1-3H3/b27-24-. The van der Waals surface area contributed by atoms with E-state index < -0.39 is 6.10 Å². The summed E-state index contributed by atoms with van der Waals surface area (Å²) in [5.74, 6) is -0.838. The first kappa shape index (κ1) is 77.2. The third-order valence-electron chi connectivity index (χ3n) is 16.8. The summed E-state index contributed by atoms with van der Waals surface area (Å²) in [5.41, 5.74) is 0. The summed E-state index contributed by atoms with van der Waals surface area (Å²) in [4.78, 5) is 38.4. The van der Waals surface area contributed by atoms with Crippen LogP contribution in [0.5, 0.6) is 0 Å². The summed E-state index contributed by atoms with van der Waals surface area (Å²) in [6.07, 6.45) is 82.5. The van der Waals surface area contributed by atoms with Crippen LogP contribution in [0.3, 0.4) is 0 Å². The van der Waals surface area contributed by atoms with E-state index in [0.29, 0.717) is 19.3 Å². The van der Waals surface area contributed by atoms with Crippen LogP contribution >= 0.6 is 0 Å². The molecule has 0 aliphatic heterocycles. The largest absolute Gasteiger partial charge is 0.462 e. The molecule has 0 amide bonds. The van der Waals surface area contributed by atoms with Crippen molar-refractivity contribution in [3.8, 4) is 0 Å². The minimum atomic E-state index is -0.770. The van der Waals surface area contributed by atoms with Gasteiger partial charge < -0.3 is 14.2 Å². The van der Waals surface area contributed by atoms with Crippen molar-refractivity contribution in [1.29, 1.82) is 0 Å². The molecule has 6 heteroatoms. The molecule has 0 aromatic carbocycles. The summed E-state index contributed by atoms with van der Waals surface area (Å²) >= 11 is 0. The topological polar surface area (TPSA) is 78.9 Å². The van der Waals surface area contributed by atoms with Crippen LogP contribution in [-0.4, -0.2) is 37.2 Å². The lowest BCUT2D eigenvalue weighted by molar-refractivity contribution is -0.167. The van der Waals surface area contributed by atoms with Gasteiger partial charge in [0.2, 0.25) is 0 Å². The van der Waals surface area contributed by atoms with Gasteiger partial charge in [-0.05, 0) is 44.9 Å². The van der Waals surface area contributed by atoms with Crippen LogP contribution in [0.2, 0.25) is 0 Å². The normalized spacial score (nSPS) is 12.0. The van der Waals surface area contributed by atoms with Crippen LogP contribution in [0, 0.1) is 0 Å². The predicted molar refractivity (Wildman–Crippen MR) is 344 cm³/mol. The fourth-order valence-corrected chi connectivity index (χ4v) is 11.3. The number of ether oxygens (including phenoxy) is 3. The van der Waals surface area contributed by atoms with E-state index in [4.69, 9.17) is 14.2 Å². The Morgan fingerprint density at radius 3 is 0.633 bits per heavy atom. The molecule has 1 atom stereocenters. The number of hydrogen-bond donors (Lipinski definition) is 0. The molecule has 0 spiro atoms.